The number of nitrogens with one attached hydrogen (secondary N) is 1. The van der Waals surface area contributed by atoms with E-state index in [2.05, 4.69) is 5.32 Å². The van der Waals surface area contributed by atoms with Crippen molar-refractivity contribution in [3.8, 4) is 11.1 Å². The Morgan fingerprint density at radius 1 is 0.878 bits per heavy atom. The third-order valence-corrected chi connectivity index (χ3v) is 7.34. The van der Waals surface area contributed by atoms with Gasteiger partial charge in [0.15, 0.2) is 0 Å². The van der Waals surface area contributed by atoms with Gasteiger partial charge in [-0.2, -0.15) is 0 Å². The molecule has 0 unspecified atom stereocenters. The van der Waals surface area contributed by atoms with Gasteiger partial charge in [0.2, 0.25) is 5.91 Å². The van der Waals surface area contributed by atoms with Crippen LogP contribution in [0, 0.1) is 0 Å². The number of carbonyl (C=O) groups excluding carboxylic acids is 3. The maximum Gasteiger partial charge on any atom is 0.407 e. The number of benzene rings is 3. The summed E-state index contributed by atoms with van der Waals surface area (Å²) in [7, 11) is 0. The van der Waals surface area contributed by atoms with Crippen molar-refractivity contribution >= 4 is 23.9 Å². The Hall–Kier alpha value is -4.92. The number of fused-ring (bicyclic) bond motifs is 3. The quantitative estimate of drug-likeness (QED) is 0.379. The summed E-state index contributed by atoms with van der Waals surface area (Å²) in [4.78, 5) is 51.7. The Balaban J connectivity index is 1.25. The number of hydrogen-bond donors (Lipinski definition) is 2. The second-order valence-electron chi connectivity index (χ2n) is 9.94. The van der Waals surface area contributed by atoms with Crippen LogP contribution >= 0.6 is 0 Å². The fraction of sp³-hybridized carbons (Fsp3) is 0.250. The molecule has 0 saturated carbocycles. The lowest BCUT2D eigenvalue weighted by Gasteiger charge is -2.29. The number of carboxylic acid groups (broad SMARTS) is 1. The van der Waals surface area contributed by atoms with Gasteiger partial charge in [-0.05, 0) is 34.2 Å². The predicted molar refractivity (Wildman–Crippen MR) is 150 cm³/mol. The molecule has 1 aliphatic heterocycles. The third-order valence-electron chi connectivity index (χ3n) is 7.34. The van der Waals surface area contributed by atoms with Crippen LogP contribution in [-0.4, -0.2) is 59.7 Å². The summed E-state index contributed by atoms with van der Waals surface area (Å²) in [5, 5.41) is 11.8. The first-order valence-corrected chi connectivity index (χ1v) is 13.4. The fourth-order valence-electron chi connectivity index (χ4n) is 5.23. The standard InChI is InChI=1S/C32H30N2O7/c35-29(40-19-21-8-2-1-3-9-21)18-28(30(36)34-16-14-22(15-17-34)31(37)38)33-32(39)41-20-27-25-12-6-4-10-23(25)24-11-5-7-13-26(24)27/h1-14,27-28H,15-20H2,(H,33,39)(H,37,38)/t28-/m0/s1. The number of esters is 1. The summed E-state index contributed by atoms with van der Waals surface area (Å²) in [5.41, 5.74) is 5.28. The van der Waals surface area contributed by atoms with Gasteiger partial charge >= 0.3 is 18.0 Å². The molecule has 5 rings (SSSR count). The van der Waals surface area contributed by atoms with Gasteiger partial charge in [-0.3, -0.25) is 9.59 Å². The van der Waals surface area contributed by atoms with Crippen LogP contribution in [0.3, 0.4) is 0 Å². The van der Waals surface area contributed by atoms with Crippen molar-refractivity contribution in [1.82, 2.24) is 10.2 Å². The zero-order chi connectivity index (χ0) is 28.8. The predicted octanol–water partition coefficient (Wildman–Crippen LogP) is 4.27. The summed E-state index contributed by atoms with van der Waals surface area (Å²) in [6.07, 6.45) is 0.390. The van der Waals surface area contributed by atoms with Crippen molar-refractivity contribution in [3.05, 3.63) is 107 Å². The van der Waals surface area contributed by atoms with E-state index in [4.69, 9.17) is 9.47 Å². The van der Waals surface area contributed by atoms with E-state index in [1.165, 1.54) is 11.0 Å². The van der Waals surface area contributed by atoms with Crippen LogP contribution in [0.4, 0.5) is 4.79 Å². The first-order valence-electron chi connectivity index (χ1n) is 13.4. The number of ether oxygens (including phenoxy) is 2. The summed E-state index contributed by atoms with van der Waals surface area (Å²) in [6, 6.07) is 23.8. The second kappa shape index (κ2) is 12.5. The molecule has 41 heavy (non-hydrogen) atoms. The number of alkyl carbamates (subject to hydrolysis) is 1. The molecule has 3 aromatic carbocycles. The van der Waals surface area contributed by atoms with Crippen molar-refractivity contribution in [3.63, 3.8) is 0 Å². The fourth-order valence-corrected chi connectivity index (χ4v) is 5.23. The highest BCUT2D eigenvalue weighted by Crippen LogP contribution is 2.44. The van der Waals surface area contributed by atoms with Crippen LogP contribution in [0.15, 0.2) is 90.5 Å². The van der Waals surface area contributed by atoms with Crippen LogP contribution in [0.1, 0.15) is 35.4 Å². The maximum atomic E-state index is 13.4. The molecule has 0 radical (unpaired) electrons. The van der Waals surface area contributed by atoms with Crippen molar-refractivity contribution in [1.29, 1.82) is 0 Å². The number of carboxylic acids is 1. The van der Waals surface area contributed by atoms with Gasteiger partial charge < -0.3 is 24.8 Å². The molecular formula is C32H30N2O7. The lowest BCUT2D eigenvalue weighted by atomic mass is 9.98. The van der Waals surface area contributed by atoms with Crippen molar-refractivity contribution < 1.29 is 33.8 Å². The lowest BCUT2D eigenvalue weighted by Crippen LogP contribution is -2.51. The maximum absolute atomic E-state index is 13.4. The molecule has 0 fully saturated rings. The average Bonchev–Trinajstić information content (AvgIpc) is 3.32. The molecule has 210 valence electrons. The van der Waals surface area contributed by atoms with E-state index in [0.717, 1.165) is 27.8 Å². The normalized spacial score (nSPS) is 14.7. The van der Waals surface area contributed by atoms with Gasteiger partial charge in [0.05, 0.1) is 6.42 Å². The molecule has 1 atom stereocenters. The van der Waals surface area contributed by atoms with E-state index in [1.54, 1.807) is 0 Å². The minimum atomic E-state index is -1.24. The first-order chi connectivity index (χ1) is 19.9. The third kappa shape index (κ3) is 6.46. The number of carbonyl (C=O) groups is 4. The summed E-state index contributed by atoms with van der Waals surface area (Å²) in [6.45, 7) is 0.287. The Labute approximate surface area is 237 Å². The zero-order valence-electron chi connectivity index (χ0n) is 22.3. The van der Waals surface area contributed by atoms with Gasteiger partial charge in [-0.25, -0.2) is 9.59 Å². The molecular weight excluding hydrogens is 524 g/mol. The highest BCUT2D eigenvalue weighted by molar-refractivity contribution is 5.91. The highest BCUT2D eigenvalue weighted by atomic mass is 16.5. The van der Waals surface area contributed by atoms with Gasteiger partial charge in [0.25, 0.3) is 0 Å². The molecule has 9 heteroatoms. The molecule has 2 aliphatic rings. The summed E-state index contributed by atoms with van der Waals surface area (Å²) >= 11 is 0. The molecule has 1 heterocycles. The molecule has 3 aromatic rings. The van der Waals surface area contributed by atoms with E-state index in [-0.39, 0.29) is 44.2 Å². The largest absolute Gasteiger partial charge is 0.478 e. The molecule has 1 aliphatic carbocycles. The molecule has 2 amide bonds. The molecule has 0 saturated heterocycles. The number of aliphatic carboxylic acids is 1. The van der Waals surface area contributed by atoms with E-state index < -0.39 is 36.4 Å². The second-order valence-corrected chi connectivity index (χ2v) is 9.94. The van der Waals surface area contributed by atoms with Gasteiger partial charge in [0, 0.05) is 24.6 Å². The number of amides is 2. The number of rotatable bonds is 9. The van der Waals surface area contributed by atoms with Gasteiger partial charge in [-0.1, -0.05) is 84.9 Å². The van der Waals surface area contributed by atoms with E-state index in [9.17, 15) is 24.3 Å². The van der Waals surface area contributed by atoms with Crippen LogP contribution in [0.2, 0.25) is 0 Å². The molecule has 0 aromatic heterocycles. The lowest BCUT2D eigenvalue weighted by molar-refractivity contribution is -0.148. The minimum absolute atomic E-state index is 0.0277. The van der Waals surface area contributed by atoms with Crippen LogP contribution < -0.4 is 5.32 Å². The summed E-state index contributed by atoms with van der Waals surface area (Å²) in [5.74, 6) is -2.38. The minimum Gasteiger partial charge on any atom is -0.478 e. The first kappa shape index (κ1) is 27.6. The van der Waals surface area contributed by atoms with Crippen LogP contribution in [0.25, 0.3) is 11.1 Å². The molecule has 9 nitrogen and oxygen atoms in total. The molecule has 2 N–H and O–H groups in total. The Bertz CT molecular complexity index is 1440. The van der Waals surface area contributed by atoms with Crippen LogP contribution in [0.5, 0.6) is 0 Å². The zero-order valence-corrected chi connectivity index (χ0v) is 22.3. The Morgan fingerprint density at radius 3 is 2.12 bits per heavy atom. The van der Waals surface area contributed by atoms with E-state index >= 15 is 0 Å². The number of hydrogen-bond acceptors (Lipinski definition) is 6. The molecule has 0 bridgehead atoms. The van der Waals surface area contributed by atoms with E-state index in [0.29, 0.717) is 0 Å². The Kier molecular flexibility index (Phi) is 8.43. The smallest absolute Gasteiger partial charge is 0.407 e. The van der Waals surface area contributed by atoms with Gasteiger partial charge in [0.1, 0.15) is 19.3 Å². The topological polar surface area (TPSA) is 122 Å². The van der Waals surface area contributed by atoms with Gasteiger partial charge in [-0.15, -0.1) is 0 Å². The average molecular weight is 555 g/mol. The summed E-state index contributed by atoms with van der Waals surface area (Å²) < 4.78 is 11.0. The van der Waals surface area contributed by atoms with E-state index in [1.807, 2.05) is 78.9 Å². The van der Waals surface area contributed by atoms with Crippen molar-refractivity contribution in [2.24, 2.45) is 0 Å². The highest BCUT2D eigenvalue weighted by Gasteiger charge is 2.33. The monoisotopic (exact) mass is 554 g/mol. The van der Waals surface area contributed by atoms with Crippen LogP contribution in [-0.2, 0) is 30.5 Å². The number of nitrogens with zero attached hydrogens (tertiary/aromatic N) is 1. The van der Waals surface area contributed by atoms with Crippen molar-refractivity contribution in [2.75, 3.05) is 19.7 Å². The molecule has 0 spiro atoms. The van der Waals surface area contributed by atoms with Crippen molar-refractivity contribution in [2.45, 2.75) is 31.4 Å². The Morgan fingerprint density at radius 2 is 1.51 bits per heavy atom. The SMILES string of the molecule is O=C(C[C@H](NC(=O)OCC1c2ccccc2-c2ccccc21)C(=O)N1CC=C(C(=O)O)CC1)OCc1ccccc1.